The van der Waals surface area contributed by atoms with Crippen LogP contribution in [0, 0.1) is 0 Å². The summed E-state index contributed by atoms with van der Waals surface area (Å²) in [5.41, 5.74) is 0. The number of fused-ring (bicyclic) bond motifs is 1. The van der Waals surface area contributed by atoms with E-state index in [1.54, 1.807) is 3.70 Å². The zero-order valence-corrected chi connectivity index (χ0v) is 4.41. The van der Waals surface area contributed by atoms with Gasteiger partial charge >= 0.3 is 39.1 Å². The zero-order valence-electron chi connectivity index (χ0n) is 2.70. The van der Waals surface area contributed by atoms with Gasteiger partial charge < -0.3 is 0 Å². The number of nitrogens with zero attached hydrogens (tertiary/aromatic N) is 4. The van der Waals surface area contributed by atoms with E-state index in [2.05, 4.69) is 15.5 Å². The average Bonchev–Trinajstić information content (AvgIpc) is 2.17. The molecule has 0 bridgehead atoms. The van der Waals surface area contributed by atoms with Gasteiger partial charge in [-0.3, -0.25) is 0 Å². The van der Waals surface area contributed by atoms with Gasteiger partial charge in [0, 0.05) is 0 Å². The van der Waals surface area contributed by atoms with E-state index < -0.39 is 0 Å². The van der Waals surface area contributed by atoms with Crippen LogP contribution in [0.25, 0.3) is 0 Å². The molecule has 1 aliphatic heterocycles. The first kappa shape index (κ1) is 2.71. The first-order valence-electron chi connectivity index (χ1n) is 1.43. The Morgan fingerprint density at radius 1 is 1.67 bits per heavy atom. The van der Waals surface area contributed by atoms with Crippen LogP contribution in [0.1, 0.15) is 0 Å². The van der Waals surface area contributed by atoms with Gasteiger partial charge in [0.15, 0.2) is 0 Å². The first-order chi connectivity index (χ1) is 2.97. The van der Waals surface area contributed by atoms with Gasteiger partial charge in [-0.05, 0) is 0 Å². The van der Waals surface area contributed by atoms with E-state index in [4.69, 9.17) is 0 Å². The van der Waals surface area contributed by atoms with Crippen LogP contribution in [0.4, 0.5) is 0 Å². The van der Waals surface area contributed by atoms with E-state index in [0.717, 1.165) is 4.72 Å². The second kappa shape index (κ2) is 0.643. The third kappa shape index (κ3) is 0.179. The van der Waals surface area contributed by atoms with Gasteiger partial charge in [-0.2, -0.15) is 0 Å². The quantitative estimate of drug-likeness (QED) is 0.396. The maximum atomic E-state index is 3.64. The summed E-state index contributed by atoms with van der Waals surface area (Å²) in [6, 6.07) is 0. The predicted molar refractivity (Wildman–Crippen MR) is 18.6 cm³/mol. The molecule has 2 heterocycles. The Bertz CT molecular complexity index is 151. The fourth-order valence-corrected chi connectivity index (χ4v) is 0.955. The molecule has 0 spiro atoms. The summed E-state index contributed by atoms with van der Waals surface area (Å²) in [4.78, 5) is 0. The van der Waals surface area contributed by atoms with Gasteiger partial charge in [0.25, 0.3) is 0 Å². The van der Waals surface area contributed by atoms with Crippen LogP contribution in [0.2, 0.25) is 0 Å². The summed E-state index contributed by atoms with van der Waals surface area (Å²) in [5.74, 6) is 0. The first-order valence-corrected chi connectivity index (χ1v) is 3.06. The molecule has 5 heteroatoms. The van der Waals surface area contributed by atoms with Gasteiger partial charge in [0.1, 0.15) is 0 Å². The molecule has 1 aromatic heterocycles. The summed E-state index contributed by atoms with van der Waals surface area (Å²) < 4.78 is 2.86. The Kier molecular flexibility index (Phi) is 0.291. The molecule has 0 saturated carbocycles. The molecule has 6 heavy (non-hydrogen) atoms. The molecule has 2 rings (SSSR count). The van der Waals surface area contributed by atoms with Crippen molar-refractivity contribution in [3.63, 3.8) is 0 Å². The molecule has 1 aromatic rings. The Labute approximate surface area is 39.9 Å². The Morgan fingerprint density at radius 3 is 2.83 bits per heavy atom. The molecule has 4 nitrogen and oxygen atoms in total. The molecule has 0 radical (unpaired) electrons. The Hall–Kier alpha value is -0.411. The summed E-state index contributed by atoms with van der Waals surface area (Å²) in [6.45, 7) is 0. The third-order valence-corrected chi connectivity index (χ3v) is 1.94. The van der Waals surface area contributed by atoms with Crippen LogP contribution in [-0.4, -0.2) is 34.4 Å². The van der Waals surface area contributed by atoms with E-state index >= 15 is 0 Å². The molecule has 0 aliphatic carbocycles. The third-order valence-electron chi connectivity index (χ3n) is 0.551. The van der Waals surface area contributed by atoms with Crippen molar-refractivity contribution < 1.29 is 0 Å². The van der Waals surface area contributed by atoms with Crippen LogP contribution in [0.5, 0.6) is 0 Å². The molecule has 30 valence electrons. The molecule has 1 aliphatic rings. The van der Waals surface area contributed by atoms with Crippen LogP contribution in [0.3, 0.4) is 0 Å². The maximum absolute atomic E-state index is 3.64. The molecule has 0 amide bonds. The summed E-state index contributed by atoms with van der Waals surface area (Å²) in [7, 11) is 0. The van der Waals surface area contributed by atoms with Crippen LogP contribution < -0.4 is 4.72 Å². The van der Waals surface area contributed by atoms with Crippen LogP contribution in [-0.2, 0) is 0 Å². The molecule has 0 N–H and O–H groups in total. The van der Waals surface area contributed by atoms with Gasteiger partial charge in [-0.15, -0.1) is 0 Å². The number of rotatable bonds is 0. The fraction of sp³-hybridized carbons (Fsp3) is 0. The minimum atomic E-state index is 0.460. The minimum absolute atomic E-state index is 0.460. The second-order valence-electron chi connectivity index (χ2n) is 0.926. The Morgan fingerprint density at radius 2 is 2.67 bits per heavy atom. The van der Waals surface area contributed by atoms with Crippen molar-refractivity contribution >= 4 is 19.9 Å². The van der Waals surface area contributed by atoms with Gasteiger partial charge in [0.05, 0.1) is 0 Å². The summed E-state index contributed by atoms with van der Waals surface area (Å²) in [5, 5.41) is 10.6. The van der Waals surface area contributed by atoms with Crippen molar-refractivity contribution in [2.75, 3.05) is 0 Å². The van der Waals surface area contributed by atoms with Crippen molar-refractivity contribution in [3.05, 3.63) is 0 Å². The van der Waals surface area contributed by atoms with Crippen molar-refractivity contribution in [2.45, 2.75) is 0 Å². The topological polar surface area (TPSA) is 43.6 Å². The number of aromatic nitrogens is 4. The number of hydrogen-bond acceptors (Lipinski definition) is 3. The fourth-order valence-electron chi connectivity index (χ4n) is 0.265. The monoisotopic (exact) mass is 148 g/mol. The van der Waals surface area contributed by atoms with Gasteiger partial charge in [-0.1, -0.05) is 0 Å². The number of hydrogen-bond donors (Lipinski definition) is 0. The van der Waals surface area contributed by atoms with E-state index in [9.17, 15) is 0 Å². The van der Waals surface area contributed by atoms with Gasteiger partial charge in [-0.25, -0.2) is 0 Å². The number of tetrazole rings is 1. The predicted octanol–water partition coefficient (Wildman–Crippen LogP) is -2.22. The van der Waals surface area contributed by atoms with E-state index in [-0.39, 0.29) is 0 Å². The average molecular weight is 147 g/mol. The molecule has 0 fully saturated rings. The van der Waals surface area contributed by atoms with E-state index in [1.165, 1.54) is 0 Å². The second-order valence-corrected chi connectivity index (χ2v) is 2.80. The van der Waals surface area contributed by atoms with Crippen LogP contribution >= 0.6 is 0 Å². The standard InChI is InChI=1S/CN4Se/c2-1-5(6-1)4-3-2. The Balaban J connectivity index is 2.88. The molecule has 0 aromatic carbocycles. The van der Waals surface area contributed by atoms with Crippen molar-refractivity contribution in [1.82, 2.24) is 19.2 Å². The van der Waals surface area contributed by atoms with Gasteiger partial charge in [0.2, 0.25) is 0 Å². The van der Waals surface area contributed by atoms with Crippen molar-refractivity contribution in [1.29, 1.82) is 0 Å². The SMILES string of the molecule is n1nc2n(n1)[Se]2. The van der Waals surface area contributed by atoms with Crippen LogP contribution in [0.15, 0.2) is 0 Å². The molecule has 0 saturated heterocycles. The molecule has 0 unspecified atom stereocenters. The molecular formula is CN4Se. The van der Waals surface area contributed by atoms with Crippen molar-refractivity contribution in [2.24, 2.45) is 0 Å². The molecule has 0 atom stereocenters. The molecular weight excluding hydrogens is 147 g/mol. The summed E-state index contributed by atoms with van der Waals surface area (Å²) in [6.07, 6.45) is 0. The van der Waals surface area contributed by atoms with E-state index in [0.29, 0.717) is 15.2 Å². The normalized spacial score (nSPS) is 14.0. The van der Waals surface area contributed by atoms with Crippen molar-refractivity contribution in [3.8, 4) is 0 Å². The summed E-state index contributed by atoms with van der Waals surface area (Å²) >= 11 is 0.460. The van der Waals surface area contributed by atoms with E-state index in [1.807, 2.05) is 0 Å². The zero-order chi connectivity index (χ0) is 3.98.